The van der Waals surface area contributed by atoms with Crippen LogP contribution in [0.5, 0.6) is 0 Å². The van der Waals surface area contributed by atoms with E-state index >= 15 is 0 Å². The summed E-state index contributed by atoms with van der Waals surface area (Å²) in [6.07, 6.45) is 1.38. The third-order valence-electron chi connectivity index (χ3n) is 2.70. The Balaban J connectivity index is 2.46. The summed E-state index contributed by atoms with van der Waals surface area (Å²) in [5, 5.41) is 3.61. The molecule has 1 aromatic heterocycles. The number of nitrogens with two attached hydrogens (primary N) is 1. The number of para-hydroxylation sites is 1. The summed E-state index contributed by atoms with van der Waals surface area (Å²) in [7, 11) is -0.783. The summed E-state index contributed by atoms with van der Waals surface area (Å²) in [4.78, 5) is 7.77. The van der Waals surface area contributed by atoms with E-state index in [4.69, 9.17) is 26.4 Å². The van der Waals surface area contributed by atoms with Gasteiger partial charge in [0.2, 0.25) is 5.95 Å². The van der Waals surface area contributed by atoms with Crippen molar-refractivity contribution in [2.75, 3.05) is 25.3 Å². The zero-order valence-electron chi connectivity index (χ0n) is 11.4. The highest BCUT2D eigenvalue weighted by Gasteiger charge is 2.27. The molecule has 0 amide bonds. The summed E-state index contributed by atoms with van der Waals surface area (Å²) in [5.41, 5.74) is 6.02. The van der Waals surface area contributed by atoms with Crippen LogP contribution in [0, 0.1) is 0 Å². The first-order valence-corrected chi connectivity index (χ1v) is 7.78. The van der Waals surface area contributed by atoms with Gasteiger partial charge in [-0.25, -0.2) is 4.98 Å². The van der Waals surface area contributed by atoms with Crippen LogP contribution in [0.15, 0.2) is 30.5 Å². The first-order chi connectivity index (χ1) is 10.00. The molecular formula is C12H14ClN4O3P. The Morgan fingerprint density at radius 1 is 1.29 bits per heavy atom. The van der Waals surface area contributed by atoms with E-state index in [9.17, 15) is 4.57 Å². The molecule has 21 heavy (non-hydrogen) atoms. The van der Waals surface area contributed by atoms with Crippen molar-refractivity contribution < 1.29 is 13.6 Å². The average molecular weight is 329 g/mol. The standard InChI is InChI=1S/C12H14ClN4O3P/c1-19-21(18,20-2)10-6-4-3-5-9(10)16-11-8(13)7-15-12(14)17-11/h3-7H,1-2H3,(H3,14,15,16,17). The van der Waals surface area contributed by atoms with E-state index in [-0.39, 0.29) is 11.0 Å². The number of rotatable bonds is 5. The SMILES string of the molecule is COP(=O)(OC)c1ccccc1Nc1nc(N)ncc1Cl. The van der Waals surface area contributed by atoms with E-state index in [1.54, 1.807) is 24.3 Å². The lowest BCUT2D eigenvalue weighted by Crippen LogP contribution is -2.13. The molecule has 0 atom stereocenters. The maximum absolute atomic E-state index is 12.5. The number of anilines is 3. The number of nitrogens with zero attached hydrogens (tertiary/aromatic N) is 2. The van der Waals surface area contributed by atoms with Gasteiger partial charge in [-0.1, -0.05) is 23.7 Å². The van der Waals surface area contributed by atoms with E-state index in [0.29, 0.717) is 16.8 Å². The minimum Gasteiger partial charge on any atom is -0.368 e. The normalized spacial score (nSPS) is 11.4. The highest BCUT2D eigenvalue weighted by molar-refractivity contribution is 7.62. The van der Waals surface area contributed by atoms with Crippen LogP contribution in [-0.4, -0.2) is 24.2 Å². The molecule has 9 heteroatoms. The lowest BCUT2D eigenvalue weighted by Gasteiger charge is -2.18. The monoisotopic (exact) mass is 328 g/mol. The van der Waals surface area contributed by atoms with Crippen LogP contribution in [0.2, 0.25) is 5.02 Å². The molecule has 0 spiro atoms. The van der Waals surface area contributed by atoms with Crippen molar-refractivity contribution in [3.63, 3.8) is 0 Å². The lowest BCUT2D eigenvalue weighted by atomic mass is 10.3. The Labute approximate surface area is 127 Å². The molecule has 0 saturated heterocycles. The molecule has 0 aliphatic carbocycles. The molecule has 3 N–H and O–H groups in total. The molecule has 0 saturated carbocycles. The van der Waals surface area contributed by atoms with E-state index in [1.165, 1.54) is 20.4 Å². The predicted octanol–water partition coefficient (Wildman–Crippen LogP) is 2.57. The Bertz CT molecular complexity index is 690. The number of hydrogen-bond donors (Lipinski definition) is 2. The van der Waals surface area contributed by atoms with E-state index in [2.05, 4.69) is 15.3 Å². The molecule has 2 aromatic rings. The van der Waals surface area contributed by atoms with Crippen molar-refractivity contribution in [3.8, 4) is 0 Å². The van der Waals surface area contributed by atoms with Gasteiger partial charge in [-0.15, -0.1) is 0 Å². The highest BCUT2D eigenvalue weighted by atomic mass is 35.5. The van der Waals surface area contributed by atoms with E-state index in [1.807, 2.05) is 0 Å². The fraction of sp³-hybridized carbons (Fsp3) is 0.167. The summed E-state index contributed by atoms with van der Waals surface area (Å²) < 4.78 is 22.6. The average Bonchev–Trinajstić information content (AvgIpc) is 2.51. The molecule has 0 bridgehead atoms. The maximum atomic E-state index is 12.5. The lowest BCUT2D eigenvalue weighted by molar-refractivity contribution is 0.287. The van der Waals surface area contributed by atoms with Gasteiger partial charge in [-0.2, -0.15) is 4.98 Å². The highest BCUT2D eigenvalue weighted by Crippen LogP contribution is 2.47. The van der Waals surface area contributed by atoms with Crippen LogP contribution in [0.3, 0.4) is 0 Å². The van der Waals surface area contributed by atoms with Crippen LogP contribution >= 0.6 is 19.2 Å². The number of nitrogens with one attached hydrogen (secondary N) is 1. The molecule has 0 radical (unpaired) electrons. The number of halogens is 1. The molecule has 0 aliphatic rings. The first kappa shape index (κ1) is 15.7. The minimum absolute atomic E-state index is 0.0704. The Kier molecular flexibility index (Phi) is 4.80. The molecule has 2 rings (SSSR count). The summed E-state index contributed by atoms with van der Waals surface area (Å²) in [6, 6.07) is 6.82. The summed E-state index contributed by atoms with van der Waals surface area (Å²) in [6.45, 7) is 0. The summed E-state index contributed by atoms with van der Waals surface area (Å²) in [5.74, 6) is 0.372. The Morgan fingerprint density at radius 3 is 2.62 bits per heavy atom. The quantitative estimate of drug-likeness (QED) is 0.814. The van der Waals surface area contributed by atoms with Crippen LogP contribution in [0.25, 0.3) is 0 Å². The van der Waals surface area contributed by atoms with Crippen molar-refractivity contribution in [1.29, 1.82) is 0 Å². The van der Waals surface area contributed by atoms with Crippen LogP contribution in [-0.2, 0) is 13.6 Å². The molecular weight excluding hydrogens is 315 g/mol. The van der Waals surface area contributed by atoms with Crippen molar-refractivity contribution in [2.45, 2.75) is 0 Å². The van der Waals surface area contributed by atoms with Crippen molar-refractivity contribution in [3.05, 3.63) is 35.5 Å². The molecule has 0 fully saturated rings. The van der Waals surface area contributed by atoms with Gasteiger partial charge in [0.25, 0.3) is 0 Å². The van der Waals surface area contributed by atoms with Gasteiger partial charge in [0, 0.05) is 14.2 Å². The van der Waals surface area contributed by atoms with E-state index < -0.39 is 7.60 Å². The second-order valence-corrected chi connectivity index (χ2v) is 6.54. The van der Waals surface area contributed by atoms with Gasteiger partial charge in [0.05, 0.1) is 17.2 Å². The number of nitrogen functional groups attached to an aromatic ring is 1. The number of aromatic nitrogens is 2. The third kappa shape index (κ3) is 3.33. The van der Waals surface area contributed by atoms with Crippen molar-refractivity contribution >= 4 is 42.0 Å². The Morgan fingerprint density at radius 2 is 1.95 bits per heavy atom. The van der Waals surface area contributed by atoms with Gasteiger partial charge in [-0.05, 0) is 12.1 Å². The molecule has 0 unspecified atom stereocenters. The smallest absolute Gasteiger partial charge is 0.362 e. The molecule has 112 valence electrons. The molecule has 1 heterocycles. The van der Waals surface area contributed by atoms with Crippen molar-refractivity contribution in [1.82, 2.24) is 9.97 Å². The minimum atomic E-state index is -3.42. The molecule has 7 nitrogen and oxygen atoms in total. The van der Waals surface area contributed by atoms with Crippen LogP contribution in [0.4, 0.5) is 17.5 Å². The Hall–Kier alpha value is -1.66. The fourth-order valence-corrected chi connectivity index (χ4v) is 3.06. The topological polar surface area (TPSA) is 99.4 Å². The second kappa shape index (κ2) is 6.41. The molecule has 1 aromatic carbocycles. The zero-order chi connectivity index (χ0) is 15.5. The van der Waals surface area contributed by atoms with Gasteiger partial charge < -0.3 is 20.1 Å². The fourth-order valence-electron chi connectivity index (χ4n) is 1.69. The number of hydrogen-bond acceptors (Lipinski definition) is 7. The summed E-state index contributed by atoms with van der Waals surface area (Å²) >= 11 is 6.01. The first-order valence-electron chi connectivity index (χ1n) is 5.86. The largest absolute Gasteiger partial charge is 0.368 e. The van der Waals surface area contributed by atoms with Crippen molar-refractivity contribution in [2.24, 2.45) is 0 Å². The van der Waals surface area contributed by atoms with E-state index in [0.717, 1.165) is 0 Å². The van der Waals surface area contributed by atoms with Gasteiger partial charge in [0.1, 0.15) is 5.02 Å². The second-order valence-electron chi connectivity index (χ2n) is 3.93. The number of benzene rings is 1. The van der Waals surface area contributed by atoms with Gasteiger partial charge in [-0.3, -0.25) is 4.57 Å². The predicted molar refractivity (Wildman–Crippen MR) is 82.4 cm³/mol. The van der Waals surface area contributed by atoms with Crippen LogP contribution < -0.4 is 16.4 Å². The third-order valence-corrected chi connectivity index (χ3v) is 4.91. The van der Waals surface area contributed by atoms with Gasteiger partial charge >= 0.3 is 7.60 Å². The maximum Gasteiger partial charge on any atom is 0.362 e. The van der Waals surface area contributed by atoms with Gasteiger partial charge in [0.15, 0.2) is 5.82 Å². The van der Waals surface area contributed by atoms with Crippen LogP contribution in [0.1, 0.15) is 0 Å². The molecule has 0 aliphatic heterocycles. The zero-order valence-corrected chi connectivity index (χ0v) is 13.1.